The third-order valence-electron chi connectivity index (χ3n) is 3.92. The summed E-state index contributed by atoms with van der Waals surface area (Å²) in [7, 11) is 1.53. The molecule has 0 spiro atoms. The van der Waals surface area contributed by atoms with E-state index >= 15 is 0 Å². The Labute approximate surface area is 164 Å². The molecule has 1 heterocycles. The molecule has 0 aliphatic rings. The summed E-state index contributed by atoms with van der Waals surface area (Å²) in [5.41, 5.74) is 1.91. The van der Waals surface area contributed by atoms with Crippen molar-refractivity contribution in [1.82, 2.24) is 20.3 Å². The predicted octanol–water partition coefficient (Wildman–Crippen LogP) is 3.96. The Balaban J connectivity index is 1.81. The van der Waals surface area contributed by atoms with Gasteiger partial charge in [0.2, 0.25) is 0 Å². The number of carbonyl (C=O) groups excluding carboxylic acids is 1. The van der Waals surface area contributed by atoms with Gasteiger partial charge >= 0.3 is 0 Å². The summed E-state index contributed by atoms with van der Waals surface area (Å²) in [5, 5.41) is 11.2. The number of hydrogen-bond donors (Lipinski definition) is 1. The highest BCUT2D eigenvalue weighted by atomic mass is 35.5. The highest BCUT2D eigenvalue weighted by Gasteiger charge is 2.19. The number of nitrogens with one attached hydrogen (secondary N) is 1. The van der Waals surface area contributed by atoms with Crippen LogP contribution in [0.25, 0.3) is 5.69 Å². The molecule has 27 heavy (non-hydrogen) atoms. The van der Waals surface area contributed by atoms with Crippen LogP contribution in [0.2, 0.25) is 10.0 Å². The van der Waals surface area contributed by atoms with Crippen molar-refractivity contribution >= 4 is 29.1 Å². The van der Waals surface area contributed by atoms with Gasteiger partial charge in [0, 0.05) is 11.6 Å². The lowest BCUT2D eigenvalue weighted by Gasteiger charge is -2.10. The van der Waals surface area contributed by atoms with Crippen LogP contribution in [0, 0.1) is 12.7 Å². The fourth-order valence-corrected chi connectivity index (χ4v) is 2.88. The normalized spacial score (nSPS) is 10.7. The monoisotopic (exact) mass is 408 g/mol. The molecule has 0 aliphatic carbocycles. The van der Waals surface area contributed by atoms with Crippen LogP contribution in [-0.4, -0.2) is 28.0 Å². The first-order chi connectivity index (χ1) is 12.9. The molecular formula is C18H15Cl2FN4O2. The van der Waals surface area contributed by atoms with E-state index in [0.717, 1.165) is 0 Å². The molecule has 0 unspecified atom stereocenters. The maximum atomic E-state index is 13.2. The van der Waals surface area contributed by atoms with Crippen molar-refractivity contribution in [2.45, 2.75) is 13.5 Å². The van der Waals surface area contributed by atoms with E-state index in [4.69, 9.17) is 27.9 Å². The Kier molecular flexibility index (Phi) is 5.62. The molecule has 2 aromatic carbocycles. The zero-order valence-electron chi connectivity index (χ0n) is 14.5. The van der Waals surface area contributed by atoms with Gasteiger partial charge in [0.15, 0.2) is 5.69 Å². The first kappa shape index (κ1) is 19.1. The molecule has 3 aromatic rings. The maximum absolute atomic E-state index is 13.2. The van der Waals surface area contributed by atoms with Gasteiger partial charge in [-0.25, -0.2) is 9.07 Å². The minimum absolute atomic E-state index is 0.00285. The first-order valence-electron chi connectivity index (χ1n) is 7.89. The quantitative estimate of drug-likeness (QED) is 0.693. The molecule has 1 N–H and O–H groups in total. The van der Waals surface area contributed by atoms with Crippen molar-refractivity contribution in [2.75, 3.05) is 7.11 Å². The van der Waals surface area contributed by atoms with Crippen LogP contribution in [0.1, 0.15) is 21.7 Å². The Hall–Kier alpha value is -2.64. The summed E-state index contributed by atoms with van der Waals surface area (Å²) in [6.45, 7) is 1.88. The number of nitrogens with zero attached hydrogens (tertiary/aromatic N) is 3. The fourth-order valence-electron chi connectivity index (χ4n) is 2.51. The molecule has 0 fully saturated rings. The third kappa shape index (κ3) is 4.04. The van der Waals surface area contributed by atoms with Crippen LogP contribution in [0.15, 0.2) is 36.4 Å². The van der Waals surface area contributed by atoms with E-state index in [1.54, 1.807) is 31.2 Å². The zero-order valence-corrected chi connectivity index (χ0v) is 16.0. The van der Waals surface area contributed by atoms with Crippen molar-refractivity contribution < 1.29 is 13.9 Å². The number of amides is 1. The average molecular weight is 409 g/mol. The Morgan fingerprint density at radius 1 is 1.26 bits per heavy atom. The maximum Gasteiger partial charge on any atom is 0.274 e. The van der Waals surface area contributed by atoms with Crippen molar-refractivity contribution in [3.63, 3.8) is 0 Å². The lowest BCUT2D eigenvalue weighted by atomic mass is 10.2. The molecule has 9 heteroatoms. The topological polar surface area (TPSA) is 69.0 Å². The van der Waals surface area contributed by atoms with Crippen LogP contribution in [-0.2, 0) is 6.54 Å². The SMILES string of the molecule is COc1ccc(Cl)cc1-n1nnc(C(=O)NCc2ccc(F)c(Cl)c2)c1C. The second kappa shape index (κ2) is 7.94. The molecule has 1 amide bonds. The highest BCUT2D eigenvalue weighted by molar-refractivity contribution is 6.31. The van der Waals surface area contributed by atoms with Crippen LogP contribution in [0.5, 0.6) is 5.75 Å². The van der Waals surface area contributed by atoms with Crippen molar-refractivity contribution in [3.8, 4) is 11.4 Å². The van der Waals surface area contributed by atoms with Crippen molar-refractivity contribution in [2.24, 2.45) is 0 Å². The Morgan fingerprint density at radius 3 is 2.74 bits per heavy atom. The largest absolute Gasteiger partial charge is 0.494 e. The number of carbonyl (C=O) groups is 1. The highest BCUT2D eigenvalue weighted by Crippen LogP contribution is 2.27. The van der Waals surface area contributed by atoms with E-state index in [9.17, 15) is 9.18 Å². The van der Waals surface area contributed by atoms with Gasteiger partial charge in [-0.15, -0.1) is 5.10 Å². The first-order valence-corrected chi connectivity index (χ1v) is 8.64. The van der Waals surface area contributed by atoms with Crippen LogP contribution in [0.4, 0.5) is 4.39 Å². The third-order valence-corrected chi connectivity index (χ3v) is 4.44. The molecule has 1 aromatic heterocycles. The standard InChI is InChI=1S/C18H15Cl2FN4O2/c1-10-17(18(26)22-9-11-3-5-14(21)13(20)7-11)23-24-25(10)15-8-12(19)4-6-16(15)27-2/h3-8H,9H2,1-2H3,(H,22,26). The molecule has 140 valence electrons. The molecule has 0 bridgehead atoms. The van der Waals surface area contributed by atoms with E-state index in [2.05, 4.69) is 15.6 Å². The number of hydrogen-bond acceptors (Lipinski definition) is 4. The predicted molar refractivity (Wildman–Crippen MR) is 100 cm³/mol. The zero-order chi connectivity index (χ0) is 19.6. The lowest BCUT2D eigenvalue weighted by molar-refractivity contribution is 0.0945. The van der Waals surface area contributed by atoms with Crippen molar-refractivity contribution in [3.05, 3.63) is 69.2 Å². The second-order valence-electron chi connectivity index (χ2n) is 5.68. The van der Waals surface area contributed by atoms with Gasteiger partial charge in [-0.3, -0.25) is 4.79 Å². The molecule has 6 nitrogen and oxygen atoms in total. The van der Waals surface area contributed by atoms with Gasteiger partial charge < -0.3 is 10.1 Å². The number of benzene rings is 2. The van der Waals surface area contributed by atoms with Crippen LogP contribution >= 0.6 is 23.2 Å². The molecule has 0 saturated heterocycles. The number of methoxy groups -OCH3 is 1. The van der Waals surface area contributed by atoms with Gasteiger partial charge in [0.1, 0.15) is 17.3 Å². The molecular weight excluding hydrogens is 394 g/mol. The minimum atomic E-state index is -0.513. The second-order valence-corrected chi connectivity index (χ2v) is 6.53. The number of halogens is 3. The van der Waals surface area contributed by atoms with E-state index in [1.807, 2.05) is 0 Å². The van der Waals surface area contributed by atoms with E-state index in [0.29, 0.717) is 27.7 Å². The van der Waals surface area contributed by atoms with Gasteiger partial charge in [-0.05, 0) is 42.8 Å². The van der Waals surface area contributed by atoms with Crippen LogP contribution < -0.4 is 10.1 Å². The summed E-state index contributed by atoms with van der Waals surface area (Å²) in [4.78, 5) is 12.5. The molecule has 0 saturated carbocycles. The van der Waals surface area contributed by atoms with E-state index in [1.165, 1.54) is 23.9 Å². The summed E-state index contributed by atoms with van der Waals surface area (Å²) in [6, 6.07) is 9.31. The molecule has 0 aliphatic heterocycles. The molecule has 3 rings (SSSR count). The summed E-state index contributed by atoms with van der Waals surface area (Å²) in [5.74, 6) is -0.387. The molecule has 0 radical (unpaired) electrons. The summed E-state index contributed by atoms with van der Waals surface area (Å²) < 4.78 is 20.0. The number of ether oxygens (including phenoxy) is 1. The number of rotatable bonds is 5. The lowest BCUT2D eigenvalue weighted by Crippen LogP contribution is -2.24. The van der Waals surface area contributed by atoms with E-state index in [-0.39, 0.29) is 17.3 Å². The van der Waals surface area contributed by atoms with E-state index < -0.39 is 11.7 Å². The van der Waals surface area contributed by atoms with Gasteiger partial charge in [0.25, 0.3) is 5.91 Å². The van der Waals surface area contributed by atoms with Gasteiger partial charge in [-0.1, -0.05) is 34.5 Å². The van der Waals surface area contributed by atoms with Gasteiger partial charge in [0.05, 0.1) is 17.8 Å². The summed E-state index contributed by atoms with van der Waals surface area (Å²) >= 11 is 11.8. The Bertz CT molecular complexity index is 1010. The number of aromatic nitrogens is 3. The molecule has 0 atom stereocenters. The van der Waals surface area contributed by atoms with Crippen molar-refractivity contribution in [1.29, 1.82) is 0 Å². The fraction of sp³-hybridized carbons (Fsp3) is 0.167. The smallest absolute Gasteiger partial charge is 0.274 e. The van der Waals surface area contributed by atoms with Gasteiger partial charge in [-0.2, -0.15) is 0 Å². The minimum Gasteiger partial charge on any atom is -0.494 e. The average Bonchev–Trinajstić information content (AvgIpc) is 3.03. The summed E-state index contributed by atoms with van der Waals surface area (Å²) in [6.07, 6.45) is 0. The Morgan fingerprint density at radius 2 is 2.04 bits per heavy atom. The van der Waals surface area contributed by atoms with Crippen LogP contribution in [0.3, 0.4) is 0 Å².